The summed E-state index contributed by atoms with van der Waals surface area (Å²) >= 11 is 6.83. The summed E-state index contributed by atoms with van der Waals surface area (Å²) in [7, 11) is 1.62. The van der Waals surface area contributed by atoms with Crippen molar-refractivity contribution in [2.45, 2.75) is 0 Å². The number of rotatable bonds is 3. The Labute approximate surface area is 161 Å². The van der Waals surface area contributed by atoms with Crippen LogP contribution >= 0.6 is 24.0 Å². The number of carbonyl (C=O) groups is 1. The molecule has 4 rings (SSSR count). The fraction of sp³-hybridized carbons (Fsp3) is 0.0476. The van der Waals surface area contributed by atoms with Crippen LogP contribution in [-0.4, -0.2) is 17.3 Å². The van der Waals surface area contributed by atoms with Crippen LogP contribution in [0.5, 0.6) is 5.75 Å². The fourth-order valence-electron chi connectivity index (χ4n) is 3.01. The van der Waals surface area contributed by atoms with Crippen LogP contribution in [-0.2, 0) is 4.79 Å². The summed E-state index contributed by atoms with van der Waals surface area (Å²) in [4.78, 5) is 15.3. The van der Waals surface area contributed by atoms with Crippen molar-refractivity contribution in [1.29, 1.82) is 0 Å². The summed E-state index contributed by atoms with van der Waals surface area (Å²) in [5, 5.41) is 2.08. The molecule has 0 bridgehead atoms. The highest BCUT2D eigenvalue weighted by Gasteiger charge is 2.34. The second kappa shape index (κ2) is 6.94. The lowest BCUT2D eigenvalue weighted by atomic mass is 10.1. The minimum Gasteiger partial charge on any atom is -0.496 e. The molecule has 26 heavy (non-hydrogen) atoms. The van der Waals surface area contributed by atoms with Crippen molar-refractivity contribution in [1.82, 2.24) is 0 Å². The largest absolute Gasteiger partial charge is 0.496 e. The smallest absolute Gasteiger partial charge is 0.270 e. The quantitative estimate of drug-likeness (QED) is 0.460. The van der Waals surface area contributed by atoms with E-state index in [1.807, 2.05) is 72.8 Å². The summed E-state index contributed by atoms with van der Waals surface area (Å²) in [6.45, 7) is 0. The van der Waals surface area contributed by atoms with Crippen LogP contribution in [0.4, 0.5) is 5.69 Å². The summed E-state index contributed by atoms with van der Waals surface area (Å²) in [5.41, 5.74) is 1.67. The minimum atomic E-state index is -0.109. The van der Waals surface area contributed by atoms with Gasteiger partial charge in [-0.25, -0.2) is 0 Å². The second-order valence-electron chi connectivity index (χ2n) is 5.76. The molecule has 1 saturated heterocycles. The molecule has 3 aromatic rings. The number of para-hydroxylation sites is 1. The predicted molar refractivity (Wildman–Crippen MR) is 113 cm³/mol. The van der Waals surface area contributed by atoms with Gasteiger partial charge in [-0.05, 0) is 23.6 Å². The highest BCUT2D eigenvalue weighted by molar-refractivity contribution is 8.27. The van der Waals surface area contributed by atoms with Gasteiger partial charge in [0.25, 0.3) is 5.91 Å². The first-order valence-electron chi connectivity index (χ1n) is 8.08. The SMILES string of the molecule is COc1ccccc1/C=C1/SC(=S)N(c2cccc3ccccc23)C1=O. The standard InChI is InChI=1S/C21H15NO2S2/c1-24-18-12-5-3-8-15(18)13-19-20(23)22(21(25)26-19)17-11-6-9-14-7-2-4-10-16(14)17/h2-13H,1H3/b19-13+. The molecule has 0 N–H and O–H groups in total. The van der Waals surface area contributed by atoms with E-state index in [0.29, 0.717) is 9.23 Å². The Bertz CT molecular complexity index is 1050. The van der Waals surface area contributed by atoms with E-state index in [2.05, 4.69) is 0 Å². The molecule has 128 valence electrons. The van der Waals surface area contributed by atoms with Crippen LogP contribution in [0.1, 0.15) is 5.56 Å². The molecule has 1 amide bonds. The van der Waals surface area contributed by atoms with Gasteiger partial charge in [-0.1, -0.05) is 78.6 Å². The van der Waals surface area contributed by atoms with Crippen LogP contribution in [0.2, 0.25) is 0 Å². The lowest BCUT2D eigenvalue weighted by molar-refractivity contribution is -0.113. The zero-order valence-corrected chi connectivity index (χ0v) is 15.6. The number of thiocarbonyl (C=S) groups is 1. The molecular weight excluding hydrogens is 362 g/mol. The molecule has 0 aliphatic carbocycles. The number of ether oxygens (including phenoxy) is 1. The highest BCUT2D eigenvalue weighted by atomic mass is 32.2. The highest BCUT2D eigenvalue weighted by Crippen LogP contribution is 2.39. The molecule has 1 heterocycles. The van der Waals surface area contributed by atoms with Gasteiger partial charge in [0, 0.05) is 10.9 Å². The Balaban J connectivity index is 1.77. The van der Waals surface area contributed by atoms with Gasteiger partial charge in [-0.3, -0.25) is 9.69 Å². The molecular formula is C21H15NO2S2. The van der Waals surface area contributed by atoms with Crippen LogP contribution in [0.3, 0.4) is 0 Å². The number of anilines is 1. The number of benzene rings is 3. The average molecular weight is 377 g/mol. The number of hydrogen-bond donors (Lipinski definition) is 0. The first kappa shape index (κ1) is 16.8. The lowest BCUT2D eigenvalue weighted by Crippen LogP contribution is -2.27. The van der Waals surface area contributed by atoms with Gasteiger partial charge < -0.3 is 4.74 Å². The maximum Gasteiger partial charge on any atom is 0.270 e. The zero-order valence-electron chi connectivity index (χ0n) is 14.0. The van der Waals surface area contributed by atoms with Gasteiger partial charge in [-0.2, -0.15) is 0 Å². The van der Waals surface area contributed by atoms with E-state index >= 15 is 0 Å². The fourth-order valence-corrected chi connectivity index (χ4v) is 4.28. The predicted octanol–water partition coefficient (Wildman–Crippen LogP) is 5.25. The number of carbonyl (C=O) groups excluding carboxylic acids is 1. The van der Waals surface area contributed by atoms with Crippen LogP contribution in [0.15, 0.2) is 71.6 Å². The van der Waals surface area contributed by atoms with Crippen LogP contribution < -0.4 is 9.64 Å². The Kier molecular flexibility index (Phi) is 4.49. The number of thioether (sulfide) groups is 1. The van der Waals surface area contributed by atoms with Crippen LogP contribution in [0, 0.1) is 0 Å². The first-order valence-corrected chi connectivity index (χ1v) is 9.30. The summed E-state index contributed by atoms with van der Waals surface area (Å²) in [6.07, 6.45) is 1.84. The molecule has 1 fully saturated rings. The van der Waals surface area contributed by atoms with Gasteiger partial charge >= 0.3 is 0 Å². The van der Waals surface area contributed by atoms with Crippen molar-refractivity contribution in [2.75, 3.05) is 12.0 Å². The molecule has 1 aliphatic heterocycles. The third kappa shape index (κ3) is 2.89. The molecule has 0 aromatic heterocycles. The molecule has 0 saturated carbocycles. The third-order valence-electron chi connectivity index (χ3n) is 4.23. The van der Waals surface area contributed by atoms with Gasteiger partial charge in [-0.15, -0.1) is 0 Å². The number of nitrogens with zero attached hydrogens (tertiary/aromatic N) is 1. The van der Waals surface area contributed by atoms with Crippen molar-refractivity contribution < 1.29 is 9.53 Å². The third-order valence-corrected chi connectivity index (χ3v) is 5.53. The monoisotopic (exact) mass is 377 g/mol. The molecule has 3 nitrogen and oxygen atoms in total. The normalized spacial score (nSPS) is 15.9. The summed E-state index contributed by atoms with van der Waals surface area (Å²) < 4.78 is 5.91. The Morgan fingerprint density at radius 1 is 1.00 bits per heavy atom. The Morgan fingerprint density at radius 2 is 1.73 bits per heavy atom. The number of hydrogen-bond acceptors (Lipinski definition) is 4. The Morgan fingerprint density at radius 3 is 2.58 bits per heavy atom. The van der Waals surface area contributed by atoms with Crippen LogP contribution in [0.25, 0.3) is 16.8 Å². The van der Waals surface area contributed by atoms with Crippen molar-refractivity contribution >= 4 is 56.7 Å². The van der Waals surface area contributed by atoms with E-state index in [-0.39, 0.29) is 5.91 Å². The van der Waals surface area contributed by atoms with Crippen molar-refractivity contribution in [3.63, 3.8) is 0 Å². The van der Waals surface area contributed by atoms with Crippen molar-refractivity contribution in [3.8, 4) is 5.75 Å². The van der Waals surface area contributed by atoms with Gasteiger partial charge in [0.2, 0.25) is 0 Å². The van der Waals surface area contributed by atoms with Crippen molar-refractivity contribution in [3.05, 3.63) is 77.2 Å². The molecule has 3 aromatic carbocycles. The van der Waals surface area contributed by atoms with E-state index < -0.39 is 0 Å². The minimum absolute atomic E-state index is 0.109. The Hall–Kier alpha value is -2.63. The number of amides is 1. The van der Waals surface area contributed by atoms with Gasteiger partial charge in [0.1, 0.15) is 5.75 Å². The lowest BCUT2D eigenvalue weighted by Gasteiger charge is -2.17. The summed E-state index contributed by atoms with van der Waals surface area (Å²) in [5.74, 6) is 0.616. The van der Waals surface area contributed by atoms with E-state index in [0.717, 1.165) is 27.8 Å². The van der Waals surface area contributed by atoms with Crippen molar-refractivity contribution in [2.24, 2.45) is 0 Å². The van der Waals surface area contributed by atoms with Gasteiger partial charge in [0.15, 0.2) is 4.32 Å². The molecule has 0 radical (unpaired) electrons. The number of fused-ring (bicyclic) bond motifs is 1. The number of methoxy groups -OCH3 is 1. The first-order chi connectivity index (χ1) is 12.7. The maximum absolute atomic E-state index is 13.1. The van der Waals surface area contributed by atoms with E-state index in [1.54, 1.807) is 12.0 Å². The summed E-state index contributed by atoms with van der Waals surface area (Å²) in [6, 6.07) is 21.5. The molecule has 0 atom stereocenters. The van der Waals surface area contributed by atoms with E-state index in [9.17, 15) is 4.79 Å². The van der Waals surface area contributed by atoms with E-state index in [4.69, 9.17) is 17.0 Å². The zero-order chi connectivity index (χ0) is 18.1. The topological polar surface area (TPSA) is 29.5 Å². The molecule has 0 spiro atoms. The van der Waals surface area contributed by atoms with Gasteiger partial charge in [0.05, 0.1) is 17.7 Å². The molecule has 1 aliphatic rings. The second-order valence-corrected chi connectivity index (χ2v) is 7.43. The van der Waals surface area contributed by atoms with E-state index in [1.165, 1.54) is 11.8 Å². The molecule has 0 unspecified atom stereocenters. The maximum atomic E-state index is 13.1. The molecule has 5 heteroatoms. The average Bonchev–Trinajstić information content (AvgIpc) is 2.95.